The van der Waals surface area contributed by atoms with Crippen LogP contribution in [0.2, 0.25) is 0 Å². The monoisotopic (exact) mass is 296 g/mol. The van der Waals surface area contributed by atoms with Crippen molar-refractivity contribution in [2.75, 3.05) is 0 Å². The number of phenols is 1. The van der Waals surface area contributed by atoms with Crippen LogP contribution in [0.5, 0.6) is 5.75 Å². The fourth-order valence-corrected chi connectivity index (χ4v) is 2.36. The molecule has 0 saturated heterocycles. The van der Waals surface area contributed by atoms with Gasteiger partial charge in [0.1, 0.15) is 5.75 Å². The molecule has 1 aromatic carbocycles. The Kier molecular flexibility index (Phi) is 6.08. The van der Waals surface area contributed by atoms with Crippen LogP contribution in [0.3, 0.4) is 0 Å². The van der Waals surface area contributed by atoms with Crippen LogP contribution in [0.4, 0.5) is 0 Å². The zero-order valence-electron chi connectivity index (χ0n) is 12.2. The lowest BCUT2D eigenvalue weighted by Crippen LogP contribution is -2.14. The third-order valence-corrected chi connectivity index (χ3v) is 3.43. The second kappa shape index (κ2) is 7.56. The largest absolute Gasteiger partial charge is 0.507 e. The fourth-order valence-electron chi connectivity index (χ4n) is 2.36. The van der Waals surface area contributed by atoms with Gasteiger partial charge < -0.3 is 5.11 Å². The van der Waals surface area contributed by atoms with Gasteiger partial charge in [-0.2, -0.15) is 0 Å². The van der Waals surface area contributed by atoms with Crippen LogP contribution in [-0.2, 0) is 0 Å². The van der Waals surface area contributed by atoms with Gasteiger partial charge >= 0.3 is 0 Å². The number of nitrogens with zero attached hydrogens (tertiary/aromatic N) is 2. The lowest BCUT2D eigenvalue weighted by atomic mass is 9.95. The molecule has 0 saturated carbocycles. The third-order valence-electron chi connectivity index (χ3n) is 3.43. The summed E-state index contributed by atoms with van der Waals surface area (Å²) in [7, 11) is 0. The average molecular weight is 296 g/mol. The lowest BCUT2D eigenvalue weighted by Gasteiger charge is -2.14. The maximum atomic E-state index is 11.1. The first-order valence-electron chi connectivity index (χ1n) is 7.02. The molecule has 0 aliphatic heterocycles. The minimum Gasteiger partial charge on any atom is -0.507 e. The van der Waals surface area contributed by atoms with E-state index in [2.05, 4.69) is 0 Å². The zero-order chi connectivity index (χ0) is 16.0. The zero-order valence-corrected chi connectivity index (χ0v) is 12.2. The van der Waals surface area contributed by atoms with Crippen molar-refractivity contribution in [3.63, 3.8) is 0 Å². The molecule has 0 aliphatic carbocycles. The molecule has 0 heterocycles. The Balaban J connectivity index is 3.24. The van der Waals surface area contributed by atoms with E-state index in [0.717, 1.165) is 0 Å². The van der Waals surface area contributed by atoms with E-state index in [9.17, 15) is 25.3 Å². The summed E-state index contributed by atoms with van der Waals surface area (Å²) in [6.45, 7) is 3.66. The molecule has 0 aromatic heterocycles. The molecule has 1 N–H and O–H groups in total. The van der Waals surface area contributed by atoms with E-state index in [0.29, 0.717) is 24.8 Å². The summed E-state index contributed by atoms with van der Waals surface area (Å²) in [6, 6.07) is 2.24. The first-order chi connectivity index (χ1) is 9.92. The van der Waals surface area contributed by atoms with Gasteiger partial charge in [-0.3, -0.25) is 20.2 Å². The SMILES string of the molecule is CCCC(c1ccc(O)c(C(CCC)[N+](=O)[O-])c1)[N+](=O)[O-]. The fraction of sp³-hybridized carbons (Fsp3) is 0.571. The van der Waals surface area contributed by atoms with E-state index in [1.807, 2.05) is 13.8 Å². The van der Waals surface area contributed by atoms with Crippen molar-refractivity contribution in [2.24, 2.45) is 0 Å². The topological polar surface area (TPSA) is 107 Å². The van der Waals surface area contributed by atoms with Crippen molar-refractivity contribution < 1.29 is 15.0 Å². The van der Waals surface area contributed by atoms with E-state index < -0.39 is 17.0 Å². The second-order valence-corrected chi connectivity index (χ2v) is 5.00. The molecule has 0 spiro atoms. The van der Waals surface area contributed by atoms with Crippen LogP contribution in [0.15, 0.2) is 18.2 Å². The molecular formula is C14H20N2O5. The van der Waals surface area contributed by atoms with Crippen molar-refractivity contribution in [1.82, 2.24) is 0 Å². The molecule has 0 fully saturated rings. The standard InChI is InChI=1S/C14H20N2O5/c1-3-5-12(15(18)19)10-7-8-14(17)11(9-10)13(6-4-2)16(20)21/h7-9,12-13,17H,3-6H2,1-2H3. The summed E-state index contributed by atoms with van der Waals surface area (Å²) in [5, 5.41) is 32.1. The van der Waals surface area contributed by atoms with Crippen LogP contribution < -0.4 is 0 Å². The van der Waals surface area contributed by atoms with E-state index in [1.165, 1.54) is 18.2 Å². The molecule has 0 aliphatic rings. The number of hydrogen-bond acceptors (Lipinski definition) is 5. The summed E-state index contributed by atoms with van der Waals surface area (Å²) in [6.07, 6.45) is 1.85. The van der Waals surface area contributed by atoms with Gasteiger partial charge in [-0.25, -0.2) is 0 Å². The van der Waals surface area contributed by atoms with Crippen molar-refractivity contribution >= 4 is 0 Å². The Morgan fingerprint density at radius 2 is 1.57 bits per heavy atom. The maximum absolute atomic E-state index is 11.1. The Bertz CT molecular complexity index is 518. The molecule has 2 atom stereocenters. The highest BCUT2D eigenvalue weighted by molar-refractivity contribution is 5.38. The van der Waals surface area contributed by atoms with Crippen LogP contribution in [0.25, 0.3) is 0 Å². The molecule has 1 rings (SSSR count). The van der Waals surface area contributed by atoms with Crippen LogP contribution in [-0.4, -0.2) is 15.0 Å². The van der Waals surface area contributed by atoms with Crippen LogP contribution in [0.1, 0.15) is 62.7 Å². The predicted molar refractivity (Wildman–Crippen MR) is 77.4 cm³/mol. The molecular weight excluding hydrogens is 276 g/mol. The number of aromatic hydroxyl groups is 1. The Morgan fingerprint density at radius 3 is 2.05 bits per heavy atom. The van der Waals surface area contributed by atoms with Gasteiger partial charge in [-0.05, 0) is 31.0 Å². The van der Waals surface area contributed by atoms with E-state index in [1.54, 1.807) is 0 Å². The summed E-state index contributed by atoms with van der Waals surface area (Å²) < 4.78 is 0. The first kappa shape index (κ1) is 16.9. The molecule has 7 nitrogen and oxygen atoms in total. The smallest absolute Gasteiger partial charge is 0.241 e. The van der Waals surface area contributed by atoms with Gasteiger partial charge in [-0.15, -0.1) is 0 Å². The maximum Gasteiger partial charge on any atom is 0.241 e. The number of phenolic OH excluding ortho intramolecular Hbond substituents is 1. The minimum absolute atomic E-state index is 0.155. The van der Waals surface area contributed by atoms with Crippen LogP contribution >= 0.6 is 0 Å². The van der Waals surface area contributed by atoms with Gasteiger partial charge in [0.25, 0.3) is 0 Å². The van der Waals surface area contributed by atoms with E-state index in [-0.39, 0.29) is 22.7 Å². The normalized spacial score (nSPS) is 13.6. The number of benzene rings is 1. The quantitative estimate of drug-likeness (QED) is 0.582. The molecule has 0 radical (unpaired) electrons. The first-order valence-corrected chi connectivity index (χ1v) is 7.02. The number of rotatable bonds is 8. The summed E-state index contributed by atoms with van der Waals surface area (Å²) in [4.78, 5) is 21.4. The van der Waals surface area contributed by atoms with Crippen molar-refractivity contribution in [3.05, 3.63) is 49.6 Å². The average Bonchev–Trinajstić information content (AvgIpc) is 2.43. The molecule has 21 heavy (non-hydrogen) atoms. The van der Waals surface area contributed by atoms with Gasteiger partial charge in [-0.1, -0.05) is 13.8 Å². The van der Waals surface area contributed by atoms with Crippen LogP contribution in [0, 0.1) is 20.2 Å². The number of hydrogen-bond donors (Lipinski definition) is 1. The van der Waals surface area contributed by atoms with Gasteiger partial charge in [0, 0.05) is 28.3 Å². The summed E-state index contributed by atoms with van der Waals surface area (Å²) in [5.41, 5.74) is 0.555. The van der Waals surface area contributed by atoms with E-state index in [4.69, 9.17) is 0 Å². The molecule has 0 amide bonds. The minimum atomic E-state index is -1.04. The van der Waals surface area contributed by atoms with E-state index >= 15 is 0 Å². The Hall–Kier alpha value is -2.18. The lowest BCUT2D eigenvalue weighted by molar-refractivity contribution is -0.531. The van der Waals surface area contributed by atoms with Gasteiger partial charge in [0.2, 0.25) is 12.1 Å². The Labute approximate surface area is 122 Å². The van der Waals surface area contributed by atoms with Gasteiger partial charge in [0.15, 0.2) is 0 Å². The number of nitro groups is 2. The molecule has 7 heteroatoms. The summed E-state index contributed by atoms with van der Waals surface area (Å²) in [5.74, 6) is -0.188. The third kappa shape index (κ3) is 4.14. The highest BCUT2D eigenvalue weighted by Gasteiger charge is 2.29. The van der Waals surface area contributed by atoms with Crippen molar-refractivity contribution in [1.29, 1.82) is 0 Å². The van der Waals surface area contributed by atoms with Crippen molar-refractivity contribution in [2.45, 2.75) is 51.6 Å². The highest BCUT2D eigenvalue weighted by Crippen LogP contribution is 2.33. The van der Waals surface area contributed by atoms with Gasteiger partial charge in [0.05, 0.1) is 5.56 Å². The molecule has 1 aromatic rings. The molecule has 0 bridgehead atoms. The summed E-state index contributed by atoms with van der Waals surface area (Å²) >= 11 is 0. The molecule has 116 valence electrons. The second-order valence-electron chi connectivity index (χ2n) is 5.00. The molecule has 2 unspecified atom stereocenters. The Morgan fingerprint density at radius 1 is 1.05 bits per heavy atom. The van der Waals surface area contributed by atoms with Crippen molar-refractivity contribution in [3.8, 4) is 5.75 Å². The predicted octanol–water partition coefficient (Wildman–Crippen LogP) is 3.63. The highest BCUT2D eigenvalue weighted by atomic mass is 16.6.